The van der Waals surface area contributed by atoms with Crippen LogP contribution >= 0.6 is 11.8 Å². The molecule has 23 heavy (non-hydrogen) atoms. The molecule has 3 atom stereocenters. The van der Waals surface area contributed by atoms with Gasteiger partial charge in [-0.15, -0.1) is 0 Å². The SMILES string of the molecule is CCN=C(NC1C2CCOC2C12CCC2)N1CCSC(C)(C)C1. The van der Waals surface area contributed by atoms with E-state index < -0.39 is 0 Å². The molecule has 5 heteroatoms. The minimum atomic E-state index is 0.321. The predicted molar refractivity (Wildman–Crippen MR) is 97.1 cm³/mol. The van der Waals surface area contributed by atoms with Crippen molar-refractivity contribution in [2.45, 2.75) is 63.3 Å². The number of hydrogen-bond acceptors (Lipinski definition) is 3. The lowest BCUT2D eigenvalue weighted by atomic mass is 9.46. The highest BCUT2D eigenvalue weighted by Gasteiger charge is 2.66. The Hall–Kier alpha value is -0.420. The summed E-state index contributed by atoms with van der Waals surface area (Å²) in [6, 6.07) is 0.590. The molecule has 0 amide bonds. The number of guanidine groups is 1. The van der Waals surface area contributed by atoms with Crippen molar-refractivity contribution in [3.63, 3.8) is 0 Å². The summed E-state index contributed by atoms with van der Waals surface area (Å²) < 4.78 is 6.38. The maximum Gasteiger partial charge on any atom is 0.194 e. The van der Waals surface area contributed by atoms with Gasteiger partial charge in [0.1, 0.15) is 0 Å². The van der Waals surface area contributed by atoms with Crippen LogP contribution in [0.5, 0.6) is 0 Å². The zero-order valence-electron chi connectivity index (χ0n) is 14.8. The van der Waals surface area contributed by atoms with E-state index in [-0.39, 0.29) is 0 Å². The van der Waals surface area contributed by atoms with Gasteiger partial charge >= 0.3 is 0 Å². The molecule has 0 radical (unpaired) electrons. The van der Waals surface area contributed by atoms with Gasteiger partial charge in [-0.05, 0) is 40.0 Å². The second-order valence-electron chi connectivity index (χ2n) is 8.28. The molecule has 4 rings (SSSR count). The first kappa shape index (κ1) is 16.1. The molecule has 0 aromatic rings. The molecule has 3 unspecified atom stereocenters. The molecule has 1 spiro atoms. The van der Waals surface area contributed by atoms with E-state index in [1.807, 2.05) is 0 Å². The van der Waals surface area contributed by atoms with Crippen LogP contribution in [0.4, 0.5) is 0 Å². The summed E-state index contributed by atoms with van der Waals surface area (Å²) in [5.74, 6) is 3.06. The Morgan fingerprint density at radius 2 is 2.22 bits per heavy atom. The summed E-state index contributed by atoms with van der Waals surface area (Å²) in [7, 11) is 0. The molecule has 2 aliphatic carbocycles. The fraction of sp³-hybridized carbons (Fsp3) is 0.944. The van der Waals surface area contributed by atoms with Crippen LogP contribution in [0.15, 0.2) is 4.99 Å². The van der Waals surface area contributed by atoms with Crippen molar-refractivity contribution in [1.82, 2.24) is 10.2 Å². The summed E-state index contributed by atoms with van der Waals surface area (Å²) in [5.41, 5.74) is 0.426. The first-order valence-electron chi connectivity index (χ1n) is 9.37. The summed E-state index contributed by atoms with van der Waals surface area (Å²) >= 11 is 2.08. The second-order valence-corrected chi connectivity index (χ2v) is 10.1. The number of rotatable bonds is 2. The Morgan fingerprint density at radius 1 is 1.39 bits per heavy atom. The summed E-state index contributed by atoms with van der Waals surface area (Å²) in [6.45, 7) is 10.9. The zero-order chi connectivity index (χ0) is 16.1. The highest BCUT2D eigenvalue weighted by molar-refractivity contribution is 8.00. The molecular weight excluding hydrogens is 306 g/mol. The van der Waals surface area contributed by atoms with Gasteiger partial charge in [0.25, 0.3) is 0 Å². The van der Waals surface area contributed by atoms with Crippen LogP contribution < -0.4 is 5.32 Å². The number of thioether (sulfide) groups is 1. The van der Waals surface area contributed by atoms with Crippen LogP contribution in [0.25, 0.3) is 0 Å². The lowest BCUT2D eigenvalue weighted by Crippen LogP contribution is -2.73. The minimum absolute atomic E-state index is 0.321. The number of fused-ring (bicyclic) bond motifs is 2. The molecule has 2 saturated heterocycles. The highest BCUT2D eigenvalue weighted by Crippen LogP contribution is 2.62. The van der Waals surface area contributed by atoms with Crippen molar-refractivity contribution in [2.75, 3.05) is 32.0 Å². The molecule has 2 aliphatic heterocycles. The van der Waals surface area contributed by atoms with Gasteiger partial charge in [-0.1, -0.05) is 6.42 Å². The molecule has 4 nitrogen and oxygen atoms in total. The Labute approximate surface area is 144 Å². The molecule has 0 aromatic heterocycles. The van der Waals surface area contributed by atoms with Crippen LogP contribution in [0.3, 0.4) is 0 Å². The molecule has 2 heterocycles. The first-order chi connectivity index (χ1) is 11.1. The van der Waals surface area contributed by atoms with Crippen LogP contribution in [0, 0.1) is 11.3 Å². The van der Waals surface area contributed by atoms with Crippen molar-refractivity contribution < 1.29 is 4.74 Å². The van der Waals surface area contributed by atoms with Gasteiger partial charge in [0.15, 0.2) is 5.96 Å². The molecular formula is C18H31N3OS. The van der Waals surface area contributed by atoms with Gasteiger partial charge in [0.05, 0.1) is 6.10 Å². The Kier molecular flexibility index (Phi) is 4.08. The van der Waals surface area contributed by atoms with Crippen LogP contribution in [0.1, 0.15) is 46.5 Å². The lowest BCUT2D eigenvalue weighted by Gasteiger charge is -2.63. The fourth-order valence-corrected chi connectivity index (χ4v) is 6.29. The molecule has 0 aromatic carbocycles. The monoisotopic (exact) mass is 337 g/mol. The lowest BCUT2D eigenvalue weighted by molar-refractivity contribution is -0.171. The van der Waals surface area contributed by atoms with E-state index in [4.69, 9.17) is 9.73 Å². The van der Waals surface area contributed by atoms with Crippen LogP contribution in [-0.2, 0) is 4.74 Å². The summed E-state index contributed by atoms with van der Waals surface area (Å²) in [4.78, 5) is 7.35. The molecule has 4 fully saturated rings. The van der Waals surface area contributed by atoms with Gasteiger partial charge in [-0.3, -0.25) is 4.99 Å². The normalized spacial score (nSPS) is 38.0. The number of ether oxygens (including phenoxy) is 1. The molecule has 130 valence electrons. The predicted octanol–water partition coefficient (Wildman–Crippen LogP) is 2.74. The highest BCUT2D eigenvalue weighted by atomic mass is 32.2. The zero-order valence-corrected chi connectivity index (χ0v) is 15.6. The van der Waals surface area contributed by atoms with Gasteiger partial charge in [0, 0.05) is 54.1 Å². The summed E-state index contributed by atoms with van der Waals surface area (Å²) in [5, 5.41) is 3.91. The quantitative estimate of drug-likeness (QED) is 0.621. The van der Waals surface area contributed by atoms with Crippen LogP contribution in [-0.4, -0.2) is 59.7 Å². The number of nitrogens with zero attached hydrogens (tertiary/aromatic N) is 2. The van der Waals surface area contributed by atoms with E-state index in [0.717, 1.165) is 32.2 Å². The van der Waals surface area contributed by atoms with Gasteiger partial charge < -0.3 is 15.0 Å². The van der Waals surface area contributed by atoms with E-state index in [1.165, 1.54) is 31.4 Å². The third-order valence-corrected chi connectivity index (χ3v) is 7.65. The Bertz CT molecular complexity index is 489. The maximum atomic E-state index is 6.06. The number of aliphatic imine (C=N–C) groups is 1. The van der Waals surface area contributed by atoms with E-state index in [9.17, 15) is 0 Å². The Morgan fingerprint density at radius 3 is 2.87 bits per heavy atom. The third-order valence-electron chi connectivity index (χ3n) is 6.35. The largest absolute Gasteiger partial charge is 0.377 e. The molecule has 0 bridgehead atoms. The topological polar surface area (TPSA) is 36.9 Å². The number of hydrogen-bond donors (Lipinski definition) is 1. The maximum absolute atomic E-state index is 6.06. The Balaban J connectivity index is 1.49. The fourth-order valence-electron chi connectivity index (χ4n) is 5.18. The molecule has 1 N–H and O–H groups in total. The molecule has 2 saturated carbocycles. The van der Waals surface area contributed by atoms with Crippen molar-refractivity contribution in [1.29, 1.82) is 0 Å². The van der Waals surface area contributed by atoms with Gasteiger partial charge in [0.2, 0.25) is 0 Å². The smallest absolute Gasteiger partial charge is 0.194 e. The minimum Gasteiger partial charge on any atom is -0.377 e. The average molecular weight is 338 g/mol. The number of nitrogens with one attached hydrogen (secondary N) is 1. The summed E-state index contributed by atoms with van der Waals surface area (Å²) in [6.07, 6.45) is 5.81. The average Bonchev–Trinajstić information content (AvgIpc) is 2.86. The van der Waals surface area contributed by atoms with Crippen molar-refractivity contribution >= 4 is 17.7 Å². The first-order valence-corrected chi connectivity index (χ1v) is 10.4. The van der Waals surface area contributed by atoms with E-state index in [2.05, 4.69) is 42.7 Å². The molecule has 4 aliphatic rings. The third kappa shape index (κ3) is 2.58. The van der Waals surface area contributed by atoms with E-state index in [0.29, 0.717) is 28.2 Å². The van der Waals surface area contributed by atoms with Crippen molar-refractivity contribution in [2.24, 2.45) is 16.3 Å². The second kappa shape index (κ2) is 5.83. The van der Waals surface area contributed by atoms with Gasteiger partial charge in [-0.25, -0.2) is 0 Å². The van der Waals surface area contributed by atoms with E-state index in [1.54, 1.807) is 0 Å². The van der Waals surface area contributed by atoms with Gasteiger partial charge in [-0.2, -0.15) is 11.8 Å². The van der Waals surface area contributed by atoms with Crippen LogP contribution in [0.2, 0.25) is 0 Å². The van der Waals surface area contributed by atoms with Crippen molar-refractivity contribution in [3.05, 3.63) is 0 Å². The standard InChI is InChI=1S/C18H31N3OS/c1-4-19-16(21-9-11-23-17(2,3)12-21)20-14-13-6-10-22-15(13)18(14)7-5-8-18/h13-15H,4-12H2,1-3H3,(H,19,20). The van der Waals surface area contributed by atoms with E-state index >= 15 is 0 Å². The van der Waals surface area contributed by atoms with Crippen molar-refractivity contribution in [3.8, 4) is 0 Å².